The van der Waals surface area contributed by atoms with Crippen molar-refractivity contribution in [3.63, 3.8) is 0 Å². The van der Waals surface area contributed by atoms with Gasteiger partial charge < -0.3 is 9.80 Å². The van der Waals surface area contributed by atoms with Gasteiger partial charge in [-0.15, -0.1) is 0 Å². The molecule has 4 nitrogen and oxygen atoms in total. The highest BCUT2D eigenvalue weighted by Crippen LogP contribution is 2.22. The number of amides is 2. The van der Waals surface area contributed by atoms with Crippen molar-refractivity contribution in [2.75, 3.05) is 19.6 Å². The van der Waals surface area contributed by atoms with Crippen LogP contribution in [0, 0.1) is 12.8 Å². The Hall–Kier alpha value is -2.62. The normalized spacial score (nSPS) is 14.7. The first kappa shape index (κ1) is 20.1. The molecule has 148 valence electrons. The van der Waals surface area contributed by atoms with Crippen LogP contribution in [0.5, 0.6) is 0 Å². The van der Waals surface area contributed by atoms with Crippen LogP contribution in [0.1, 0.15) is 36.5 Å². The Kier molecular flexibility index (Phi) is 6.85. The fourth-order valence-electron chi connectivity index (χ4n) is 3.79. The van der Waals surface area contributed by atoms with Gasteiger partial charge in [-0.3, -0.25) is 9.59 Å². The topological polar surface area (TPSA) is 40.6 Å². The molecule has 0 unspecified atom stereocenters. The molecule has 1 aliphatic rings. The van der Waals surface area contributed by atoms with Crippen LogP contribution in [0.15, 0.2) is 54.6 Å². The van der Waals surface area contributed by atoms with Gasteiger partial charge in [-0.2, -0.15) is 0 Å². The summed E-state index contributed by atoms with van der Waals surface area (Å²) in [5, 5.41) is 0. The van der Waals surface area contributed by atoms with E-state index < -0.39 is 0 Å². The fourth-order valence-corrected chi connectivity index (χ4v) is 3.79. The van der Waals surface area contributed by atoms with E-state index in [1.165, 1.54) is 18.1 Å². The third kappa shape index (κ3) is 5.69. The summed E-state index contributed by atoms with van der Waals surface area (Å²) in [7, 11) is 0. The van der Waals surface area contributed by atoms with Gasteiger partial charge in [-0.25, -0.2) is 0 Å². The lowest BCUT2D eigenvalue weighted by molar-refractivity contribution is -0.140. The maximum atomic E-state index is 12.8. The van der Waals surface area contributed by atoms with E-state index in [0.717, 1.165) is 37.9 Å². The molecule has 1 aliphatic heterocycles. The third-order valence-corrected chi connectivity index (χ3v) is 5.60. The van der Waals surface area contributed by atoms with Crippen LogP contribution in [-0.4, -0.2) is 41.2 Å². The van der Waals surface area contributed by atoms with E-state index in [9.17, 15) is 9.59 Å². The number of piperidine rings is 1. The van der Waals surface area contributed by atoms with Gasteiger partial charge in [-0.05, 0) is 43.2 Å². The molecule has 3 rings (SSSR count). The minimum atomic E-state index is -0.0621. The molecule has 2 amide bonds. The predicted molar refractivity (Wildman–Crippen MR) is 112 cm³/mol. The predicted octanol–water partition coefficient (Wildman–Crippen LogP) is 3.82. The molecule has 1 saturated heterocycles. The highest BCUT2D eigenvalue weighted by atomic mass is 16.2. The van der Waals surface area contributed by atoms with Crippen molar-refractivity contribution >= 4 is 11.8 Å². The van der Waals surface area contributed by atoms with Crippen LogP contribution in [0.4, 0.5) is 0 Å². The Balaban J connectivity index is 1.50. The highest BCUT2D eigenvalue weighted by Gasteiger charge is 2.25. The zero-order valence-corrected chi connectivity index (χ0v) is 16.9. The molecule has 0 aliphatic carbocycles. The number of aryl methyl sites for hydroxylation is 1. The summed E-state index contributed by atoms with van der Waals surface area (Å²) in [5.74, 6) is 0.622. The second-order valence-electron chi connectivity index (χ2n) is 7.87. The van der Waals surface area contributed by atoms with E-state index in [1.807, 2.05) is 42.2 Å². The first-order valence-electron chi connectivity index (χ1n) is 10.1. The summed E-state index contributed by atoms with van der Waals surface area (Å²) in [4.78, 5) is 28.4. The second-order valence-corrected chi connectivity index (χ2v) is 7.87. The number of hydrogen-bond donors (Lipinski definition) is 0. The number of nitrogens with zero attached hydrogens (tertiary/aromatic N) is 2. The number of carbonyl (C=O) groups excluding carboxylic acids is 2. The summed E-state index contributed by atoms with van der Waals surface area (Å²) >= 11 is 0. The van der Waals surface area contributed by atoms with Crippen molar-refractivity contribution in [1.82, 2.24) is 9.80 Å². The molecule has 0 N–H and O–H groups in total. The van der Waals surface area contributed by atoms with Gasteiger partial charge in [-0.1, -0.05) is 60.2 Å². The van der Waals surface area contributed by atoms with Crippen LogP contribution in [0.25, 0.3) is 0 Å². The number of benzene rings is 2. The zero-order chi connectivity index (χ0) is 19.9. The highest BCUT2D eigenvalue weighted by molar-refractivity contribution is 5.83. The Morgan fingerprint density at radius 3 is 2.21 bits per heavy atom. The van der Waals surface area contributed by atoms with Crippen LogP contribution >= 0.6 is 0 Å². The molecule has 0 atom stereocenters. The molecule has 0 aromatic heterocycles. The summed E-state index contributed by atoms with van der Waals surface area (Å²) in [5.41, 5.74) is 3.61. The molecule has 0 saturated carbocycles. The Morgan fingerprint density at radius 2 is 1.61 bits per heavy atom. The second kappa shape index (κ2) is 9.54. The maximum absolute atomic E-state index is 12.8. The van der Waals surface area contributed by atoms with Gasteiger partial charge in [0.25, 0.3) is 0 Å². The quantitative estimate of drug-likeness (QED) is 0.767. The van der Waals surface area contributed by atoms with E-state index >= 15 is 0 Å². The fraction of sp³-hybridized carbons (Fsp3) is 0.417. The Morgan fingerprint density at radius 1 is 0.964 bits per heavy atom. The maximum Gasteiger partial charge on any atom is 0.242 e. The number of hydrogen-bond acceptors (Lipinski definition) is 2. The van der Waals surface area contributed by atoms with Gasteiger partial charge in [0, 0.05) is 26.6 Å². The molecule has 0 bridgehead atoms. The standard InChI is InChI=1S/C24H30N2O2/c1-19-8-10-23(11-9-19)17-26(20(2)27)18-24(28)25-14-12-22(13-15-25)16-21-6-4-3-5-7-21/h3-11,22H,12-18H2,1-2H3. The minimum Gasteiger partial charge on any atom is -0.341 e. The molecule has 1 heterocycles. The summed E-state index contributed by atoms with van der Waals surface area (Å²) in [6, 6.07) is 18.7. The van der Waals surface area contributed by atoms with Crippen LogP contribution in [0.3, 0.4) is 0 Å². The molecule has 1 fully saturated rings. The average Bonchev–Trinajstić information content (AvgIpc) is 2.70. The number of likely N-dealkylation sites (tertiary alicyclic amines) is 1. The zero-order valence-electron chi connectivity index (χ0n) is 16.9. The molecule has 28 heavy (non-hydrogen) atoms. The lowest BCUT2D eigenvalue weighted by atomic mass is 9.90. The van der Waals surface area contributed by atoms with Crippen molar-refractivity contribution in [3.8, 4) is 0 Å². The van der Waals surface area contributed by atoms with Crippen molar-refractivity contribution in [1.29, 1.82) is 0 Å². The first-order chi connectivity index (χ1) is 13.5. The Labute approximate surface area is 168 Å². The van der Waals surface area contributed by atoms with Crippen molar-refractivity contribution in [2.45, 2.75) is 39.7 Å². The largest absolute Gasteiger partial charge is 0.341 e. The first-order valence-corrected chi connectivity index (χ1v) is 10.1. The van der Waals surface area contributed by atoms with Crippen molar-refractivity contribution in [3.05, 3.63) is 71.3 Å². The van der Waals surface area contributed by atoms with Gasteiger partial charge in [0.15, 0.2) is 0 Å². The van der Waals surface area contributed by atoms with E-state index in [2.05, 4.69) is 24.3 Å². The van der Waals surface area contributed by atoms with Crippen molar-refractivity contribution < 1.29 is 9.59 Å². The van der Waals surface area contributed by atoms with Gasteiger partial charge in [0.2, 0.25) is 11.8 Å². The van der Waals surface area contributed by atoms with E-state index in [4.69, 9.17) is 0 Å². The number of carbonyl (C=O) groups is 2. The van der Waals surface area contributed by atoms with Gasteiger partial charge >= 0.3 is 0 Å². The molecule has 0 radical (unpaired) electrons. The number of rotatable bonds is 6. The van der Waals surface area contributed by atoms with Crippen LogP contribution in [-0.2, 0) is 22.6 Å². The summed E-state index contributed by atoms with van der Waals surface area (Å²) in [6.45, 7) is 5.78. The smallest absolute Gasteiger partial charge is 0.242 e. The molecule has 2 aromatic carbocycles. The van der Waals surface area contributed by atoms with E-state index in [1.54, 1.807) is 4.90 Å². The third-order valence-electron chi connectivity index (χ3n) is 5.60. The summed E-state index contributed by atoms with van der Waals surface area (Å²) in [6.07, 6.45) is 3.13. The van der Waals surface area contributed by atoms with Crippen LogP contribution < -0.4 is 0 Å². The summed E-state index contributed by atoms with van der Waals surface area (Å²) < 4.78 is 0. The lowest BCUT2D eigenvalue weighted by Gasteiger charge is -2.33. The lowest BCUT2D eigenvalue weighted by Crippen LogP contribution is -2.45. The molecule has 4 heteroatoms. The van der Waals surface area contributed by atoms with E-state index in [-0.39, 0.29) is 18.4 Å². The molecule has 2 aromatic rings. The molecular weight excluding hydrogens is 348 g/mol. The van der Waals surface area contributed by atoms with Gasteiger partial charge in [0.05, 0.1) is 0 Å². The van der Waals surface area contributed by atoms with Gasteiger partial charge in [0.1, 0.15) is 6.54 Å². The molecular formula is C24H30N2O2. The monoisotopic (exact) mass is 378 g/mol. The SMILES string of the molecule is CC(=O)N(CC(=O)N1CCC(Cc2ccccc2)CC1)Cc1ccc(C)cc1. The Bertz CT molecular complexity index is 778. The van der Waals surface area contributed by atoms with Crippen molar-refractivity contribution in [2.24, 2.45) is 5.92 Å². The molecule has 0 spiro atoms. The van der Waals surface area contributed by atoms with Crippen LogP contribution in [0.2, 0.25) is 0 Å². The average molecular weight is 379 g/mol. The van der Waals surface area contributed by atoms with E-state index in [0.29, 0.717) is 12.5 Å². The minimum absolute atomic E-state index is 0.0560.